The normalized spacial score (nSPS) is 30.4. The third-order valence-electron chi connectivity index (χ3n) is 7.97. The second-order valence-electron chi connectivity index (χ2n) is 10.0. The number of halogens is 2. The van der Waals surface area contributed by atoms with Gasteiger partial charge in [-0.25, -0.2) is 0 Å². The van der Waals surface area contributed by atoms with E-state index in [-0.39, 0.29) is 0 Å². The summed E-state index contributed by atoms with van der Waals surface area (Å²) < 4.78 is 6.16. The molecule has 4 aliphatic rings. The average Bonchev–Trinajstić information content (AvgIpc) is 2.71. The predicted molar refractivity (Wildman–Crippen MR) is 124 cm³/mol. The Morgan fingerprint density at radius 3 is 2.30 bits per heavy atom. The van der Waals surface area contributed by atoms with E-state index in [1.807, 2.05) is 18.2 Å². The molecule has 1 atom stereocenters. The molecule has 0 aliphatic heterocycles. The van der Waals surface area contributed by atoms with Gasteiger partial charge in [-0.05, 0) is 86.8 Å². The van der Waals surface area contributed by atoms with Crippen molar-refractivity contribution in [3.63, 3.8) is 0 Å². The molecule has 0 spiro atoms. The minimum absolute atomic E-state index is 0.442. The molecule has 0 aromatic heterocycles. The van der Waals surface area contributed by atoms with E-state index in [4.69, 9.17) is 27.9 Å². The van der Waals surface area contributed by atoms with Crippen molar-refractivity contribution in [2.75, 3.05) is 0 Å². The molecule has 0 amide bonds. The van der Waals surface area contributed by atoms with Crippen molar-refractivity contribution in [1.29, 1.82) is 0 Å². The lowest BCUT2D eigenvalue weighted by Crippen LogP contribution is -2.54. The molecule has 1 N–H and O–H groups in total. The van der Waals surface area contributed by atoms with Gasteiger partial charge in [-0.3, -0.25) is 0 Å². The second kappa shape index (κ2) is 8.37. The summed E-state index contributed by atoms with van der Waals surface area (Å²) in [7, 11) is 0. The van der Waals surface area contributed by atoms with Gasteiger partial charge in [-0.2, -0.15) is 0 Å². The van der Waals surface area contributed by atoms with Crippen molar-refractivity contribution < 1.29 is 4.74 Å². The number of hydrogen-bond acceptors (Lipinski definition) is 2. The third kappa shape index (κ3) is 4.11. The van der Waals surface area contributed by atoms with Gasteiger partial charge in [0.2, 0.25) is 0 Å². The van der Waals surface area contributed by atoms with E-state index in [0.717, 1.165) is 35.6 Å². The molecule has 0 radical (unpaired) electrons. The van der Waals surface area contributed by atoms with Gasteiger partial charge in [-0.15, -0.1) is 0 Å². The lowest BCUT2D eigenvalue weighted by atomic mass is 9.48. The molecule has 4 heteroatoms. The van der Waals surface area contributed by atoms with Crippen LogP contribution in [-0.2, 0) is 13.2 Å². The minimum atomic E-state index is 0.442. The molecule has 4 saturated carbocycles. The van der Waals surface area contributed by atoms with Crippen LogP contribution in [0.25, 0.3) is 0 Å². The molecule has 2 aromatic rings. The molecule has 0 unspecified atom stereocenters. The van der Waals surface area contributed by atoms with Crippen molar-refractivity contribution in [2.24, 2.45) is 23.2 Å². The monoisotopic (exact) mass is 443 g/mol. The first-order chi connectivity index (χ1) is 14.5. The summed E-state index contributed by atoms with van der Waals surface area (Å²) >= 11 is 12.3. The van der Waals surface area contributed by atoms with Crippen LogP contribution in [0, 0.1) is 23.2 Å². The number of benzene rings is 2. The molecule has 2 nitrogen and oxygen atoms in total. The van der Waals surface area contributed by atoms with Crippen molar-refractivity contribution in [3.8, 4) is 5.75 Å². The molecule has 2 aromatic carbocycles. The highest BCUT2D eigenvalue weighted by molar-refractivity contribution is 6.35. The van der Waals surface area contributed by atoms with Gasteiger partial charge in [0.25, 0.3) is 0 Å². The molecule has 4 bridgehead atoms. The zero-order valence-electron chi connectivity index (χ0n) is 17.7. The second-order valence-corrected chi connectivity index (χ2v) is 10.9. The maximum atomic E-state index is 6.31. The lowest BCUT2D eigenvalue weighted by Gasteiger charge is -2.59. The summed E-state index contributed by atoms with van der Waals surface area (Å²) in [5.41, 5.74) is 2.67. The summed E-state index contributed by atoms with van der Waals surface area (Å²) in [5, 5.41) is 5.18. The summed E-state index contributed by atoms with van der Waals surface area (Å²) in [4.78, 5) is 0. The molecule has 4 fully saturated rings. The Kier molecular flexibility index (Phi) is 5.77. The van der Waals surface area contributed by atoms with Crippen LogP contribution in [0.3, 0.4) is 0 Å². The van der Waals surface area contributed by atoms with Gasteiger partial charge in [0.15, 0.2) is 0 Å². The largest absolute Gasteiger partial charge is 0.489 e. The highest BCUT2D eigenvalue weighted by Crippen LogP contribution is 2.61. The van der Waals surface area contributed by atoms with E-state index in [0.29, 0.717) is 28.1 Å². The number of nitrogens with one attached hydrogen (secondary N) is 1. The molecule has 6 rings (SSSR count). The molecular weight excluding hydrogens is 413 g/mol. The number of ether oxygens (including phenoxy) is 1. The first-order valence-corrected chi connectivity index (χ1v) is 12.1. The van der Waals surface area contributed by atoms with E-state index in [1.165, 1.54) is 44.1 Å². The fourth-order valence-electron chi connectivity index (χ4n) is 6.77. The van der Waals surface area contributed by atoms with Crippen LogP contribution in [-0.4, -0.2) is 6.04 Å². The van der Waals surface area contributed by atoms with Gasteiger partial charge in [0, 0.05) is 33.8 Å². The van der Waals surface area contributed by atoms with Crippen molar-refractivity contribution in [3.05, 3.63) is 63.6 Å². The molecule has 30 heavy (non-hydrogen) atoms. The van der Waals surface area contributed by atoms with Crippen LogP contribution in [0.1, 0.15) is 56.6 Å². The van der Waals surface area contributed by atoms with Gasteiger partial charge in [0.1, 0.15) is 12.4 Å². The Balaban J connectivity index is 1.24. The summed E-state index contributed by atoms with van der Waals surface area (Å²) in [5.74, 6) is 3.88. The average molecular weight is 444 g/mol. The van der Waals surface area contributed by atoms with E-state index >= 15 is 0 Å². The van der Waals surface area contributed by atoms with Crippen LogP contribution in [0.15, 0.2) is 42.5 Å². The zero-order valence-corrected chi connectivity index (χ0v) is 19.2. The van der Waals surface area contributed by atoms with Gasteiger partial charge in [-0.1, -0.05) is 47.5 Å². The maximum Gasteiger partial charge on any atom is 0.124 e. The Morgan fingerprint density at radius 1 is 0.967 bits per heavy atom. The highest BCUT2D eigenvalue weighted by Gasteiger charge is 2.52. The Labute approximate surface area is 190 Å². The highest BCUT2D eigenvalue weighted by atomic mass is 35.5. The van der Waals surface area contributed by atoms with Crippen LogP contribution in [0.5, 0.6) is 5.75 Å². The molecule has 0 heterocycles. The van der Waals surface area contributed by atoms with E-state index in [2.05, 4.69) is 30.4 Å². The molecule has 4 aliphatic carbocycles. The predicted octanol–water partition coefficient (Wildman–Crippen LogP) is 7.27. The van der Waals surface area contributed by atoms with Crippen LogP contribution < -0.4 is 10.1 Å². The molecule has 160 valence electrons. The molecular formula is C26H31Cl2NO. The first-order valence-electron chi connectivity index (χ1n) is 11.4. The summed E-state index contributed by atoms with van der Waals surface area (Å²) in [6, 6.07) is 14.4. The summed E-state index contributed by atoms with van der Waals surface area (Å²) in [6.07, 6.45) is 8.78. The maximum absolute atomic E-state index is 6.31. The Bertz CT molecular complexity index is 876. The van der Waals surface area contributed by atoms with Crippen molar-refractivity contribution in [2.45, 2.75) is 64.6 Å². The van der Waals surface area contributed by atoms with Crippen molar-refractivity contribution in [1.82, 2.24) is 5.32 Å². The van der Waals surface area contributed by atoms with Gasteiger partial charge >= 0.3 is 0 Å². The van der Waals surface area contributed by atoms with E-state index in [1.54, 1.807) is 6.07 Å². The van der Waals surface area contributed by atoms with Crippen LogP contribution >= 0.6 is 23.2 Å². The quantitative estimate of drug-likeness (QED) is 0.485. The molecule has 0 saturated heterocycles. The Hall–Kier alpha value is -1.22. The fraction of sp³-hybridized carbons (Fsp3) is 0.538. The number of hydrogen-bond donors (Lipinski definition) is 1. The van der Waals surface area contributed by atoms with Gasteiger partial charge in [0.05, 0.1) is 0 Å². The number of para-hydroxylation sites is 1. The number of rotatable bonds is 7. The van der Waals surface area contributed by atoms with Crippen molar-refractivity contribution >= 4 is 23.2 Å². The topological polar surface area (TPSA) is 21.3 Å². The lowest BCUT2D eigenvalue weighted by molar-refractivity contribution is -0.0706. The Morgan fingerprint density at radius 2 is 1.63 bits per heavy atom. The van der Waals surface area contributed by atoms with Crippen LogP contribution in [0.4, 0.5) is 0 Å². The fourth-order valence-corrected chi connectivity index (χ4v) is 7.24. The standard InChI is InChI=1S/C26H31Cl2NO/c1-17(26-12-18-8-19(13-26)10-20(9-18)14-26)29-15-21-4-2-3-5-25(21)30-16-22-6-7-23(27)11-24(22)28/h2-7,11,17-20,29H,8-10,12-16H2,1H3/t17-,18?,19?,20?,26?/m1/s1. The van der Waals surface area contributed by atoms with Crippen LogP contribution in [0.2, 0.25) is 10.0 Å². The summed E-state index contributed by atoms with van der Waals surface area (Å²) in [6.45, 7) is 3.70. The zero-order chi connectivity index (χ0) is 20.7. The third-order valence-corrected chi connectivity index (χ3v) is 8.56. The van der Waals surface area contributed by atoms with E-state index in [9.17, 15) is 0 Å². The van der Waals surface area contributed by atoms with E-state index < -0.39 is 0 Å². The smallest absolute Gasteiger partial charge is 0.124 e. The minimum Gasteiger partial charge on any atom is -0.489 e. The SMILES string of the molecule is C[C@@H](NCc1ccccc1OCc1ccc(Cl)cc1Cl)C12CC3CC(CC(C3)C1)C2. The first kappa shape index (κ1) is 20.7. The van der Waals surface area contributed by atoms with Gasteiger partial charge < -0.3 is 10.1 Å².